The Labute approximate surface area is 103 Å². The monoisotopic (exact) mass is 228 g/mol. The lowest BCUT2D eigenvalue weighted by molar-refractivity contribution is 0.223. The Bertz CT molecular complexity index is 157. The van der Waals surface area contributed by atoms with Crippen molar-refractivity contribution in [2.75, 3.05) is 20.6 Å². The molecular formula is C14H32N2. The smallest absolute Gasteiger partial charge is 0.00663 e. The molecule has 16 heavy (non-hydrogen) atoms. The SMILES string of the molecule is CNC(C)CCCCN(C)C(C)CC(C)C. The maximum Gasteiger partial charge on any atom is 0.00663 e. The Kier molecular flexibility index (Phi) is 8.96. The first-order chi connectivity index (χ1) is 7.47. The summed E-state index contributed by atoms with van der Waals surface area (Å²) in [6, 6.07) is 1.39. The zero-order valence-electron chi connectivity index (χ0n) is 12.2. The average Bonchev–Trinajstić information content (AvgIpc) is 2.22. The fourth-order valence-corrected chi connectivity index (χ4v) is 2.04. The number of nitrogens with one attached hydrogen (secondary N) is 1. The molecule has 0 aromatic heterocycles. The fraction of sp³-hybridized carbons (Fsp3) is 1.00. The molecule has 0 fully saturated rings. The van der Waals surface area contributed by atoms with Crippen LogP contribution in [0.2, 0.25) is 0 Å². The lowest BCUT2D eigenvalue weighted by atomic mass is 10.0. The minimum Gasteiger partial charge on any atom is -0.317 e. The van der Waals surface area contributed by atoms with Crippen molar-refractivity contribution in [2.24, 2.45) is 5.92 Å². The van der Waals surface area contributed by atoms with Crippen LogP contribution in [-0.4, -0.2) is 37.6 Å². The normalized spacial score (nSPS) is 15.8. The summed E-state index contributed by atoms with van der Waals surface area (Å²) < 4.78 is 0. The van der Waals surface area contributed by atoms with Crippen LogP contribution in [-0.2, 0) is 0 Å². The molecule has 0 aliphatic heterocycles. The van der Waals surface area contributed by atoms with Gasteiger partial charge in [-0.05, 0) is 59.7 Å². The first kappa shape index (κ1) is 15.9. The van der Waals surface area contributed by atoms with Gasteiger partial charge in [0.2, 0.25) is 0 Å². The van der Waals surface area contributed by atoms with Crippen LogP contribution in [0.3, 0.4) is 0 Å². The van der Waals surface area contributed by atoms with Crippen molar-refractivity contribution >= 4 is 0 Å². The van der Waals surface area contributed by atoms with Crippen molar-refractivity contribution in [3.05, 3.63) is 0 Å². The molecule has 0 heterocycles. The zero-order valence-corrected chi connectivity index (χ0v) is 12.2. The number of hydrogen-bond acceptors (Lipinski definition) is 2. The molecule has 0 aromatic carbocycles. The Morgan fingerprint density at radius 2 is 1.69 bits per heavy atom. The van der Waals surface area contributed by atoms with Gasteiger partial charge < -0.3 is 10.2 Å². The third-order valence-electron chi connectivity index (χ3n) is 3.46. The summed E-state index contributed by atoms with van der Waals surface area (Å²) in [6.45, 7) is 10.4. The number of nitrogens with zero attached hydrogens (tertiary/aromatic N) is 1. The molecule has 0 bridgehead atoms. The van der Waals surface area contributed by atoms with E-state index in [4.69, 9.17) is 0 Å². The van der Waals surface area contributed by atoms with E-state index in [0.29, 0.717) is 6.04 Å². The van der Waals surface area contributed by atoms with E-state index in [1.165, 1.54) is 32.2 Å². The topological polar surface area (TPSA) is 15.3 Å². The molecule has 0 rings (SSSR count). The predicted molar refractivity (Wildman–Crippen MR) is 73.9 cm³/mol. The van der Waals surface area contributed by atoms with Gasteiger partial charge in [0, 0.05) is 12.1 Å². The fourth-order valence-electron chi connectivity index (χ4n) is 2.04. The number of rotatable bonds is 9. The van der Waals surface area contributed by atoms with E-state index < -0.39 is 0 Å². The molecule has 98 valence electrons. The number of hydrogen-bond donors (Lipinski definition) is 1. The number of unbranched alkanes of at least 4 members (excludes halogenated alkanes) is 1. The van der Waals surface area contributed by atoms with E-state index in [2.05, 4.69) is 45.0 Å². The van der Waals surface area contributed by atoms with Gasteiger partial charge in [-0.25, -0.2) is 0 Å². The van der Waals surface area contributed by atoms with Crippen molar-refractivity contribution in [1.82, 2.24) is 10.2 Å². The van der Waals surface area contributed by atoms with Crippen LogP contribution >= 0.6 is 0 Å². The van der Waals surface area contributed by atoms with Gasteiger partial charge in [-0.1, -0.05) is 20.3 Å². The first-order valence-electron chi connectivity index (χ1n) is 6.84. The Balaban J connectivity index is 3.53. The van der Waals surface area contributed by atoms with Gasteiger partial charge in [0.25, 0.3) is 0 Å². The van der Waals surface area contributed by atoms with E-state index in [0.717, 1.165) is 12.0 Å². The van der Waals surface area contributed by atoms with Gasteiger partial charge in [-0.3, -0.25) is 0 Å². The van der Waals surface area contributed by atoms with Crippen LogP contribution in [0.5, 0.6) is 0 Å². The van der Waals surface area contributed by atoms with E-state index in [-0.39, 0.29) is 0 Å². The van der Waals surface area contributed by atoms with Crippen molar-refractivity contribution < 1.29 is 0 Å². The van der Waals surface area contributed by atoms with Crippen molar-refractivity contribution in [2.45, 2.75) is 65.5 Å². The van der Waals surface area contributed by atoms with Crippen LogP contribution in [0.25, 0.3) is 0 Å². The van der Waals surface area contributed by atoms with Crippen LogP contribution in [0.15, 0.2) is 0 Å². The molecule has 0 spiro atoms. The summed E-state index contributed by atoms with van der Waals surface area (Å²) in [5, 5.41) is 3.29. The summed E-state index contributed by atoms with van der Waals surface area (Å²) in [6.07, 6.45) is 5.26. The predicted octanol–water partition coefficient (Wildman–Crippen LogP) is 3.13. The van der Waals surface area contributed by atoms with Crippen LogP contribution in [0.1, 0.15) is 53.4 Å². The van der Waals surface area contributed by atoms with Gasteiger partial charge in [0.15, 0.2) is 0 Å². The molecule has 2 nitrogen and oxygen atoms in total. The standard InChI is InChI=1S/C14H32N2/c1-12(2)11-14(4)16(6)10-8-7-9-13(3)15-5/h12-15H,7-11H2,1-6H3. The minimum absolute atomic E-state index is 0.665. The van der Waals surface area contributed by atoms with Crippen molar-refractivity contribution in [1.29, 1.82) is 0 Å². The van der Waals surface area contributed by atoms with Crippen LogP contribution < -0.4 is 5.32 Å². The Morgan fingerprint density at radius 1 is 1.06 bits per heavy atom. The van der Waals surface area contributed by atoms with E-state index in [1.807, 2.05) is 7.05 Å². The van der Waals surface area contributed by atoms with E-state index in [9.17, 15) is 0 Å². The van der Waals surface area contributed by atoms with Crippen LogP contribution in [0, 0.1) is 5.92 Å². The molecule has 0 radical (unpaired) electrons. The molecule has 0 saturated heterocycles. The summed E-state index contributed by atoms with van der Waals surface area (Å²) in [5.41, 5.74) is 0. The molecule has 2 unspecified atom stereocenters. The minimum atomic E-state index is 0.665. The highest BCUT2D eigenvalue weighted by atomic mass is 15.1. The highest BCUT2D eigenvalue weighted by Gasteiger charge is 2.10. The van der Waals surface area contributed by atoms with Gasteiger partial charge in [-0.2, -0.15) is 0 Å². The second kappa shape index (κ2) is 9.00. The Hall–Kier alpha value is -0.0800. The van der Waals surface area contributed by atoms with Gasteiger partial charge in [0.05, 0.1) is 0 Å². The average molecular weight is 228 g/mol. The molecule has 2 heteroatoms. The first-order valence-corrected chi connectivity index (χ1v) is 6.84. The molecule has 0 aliphatic carbocycles. The summed E-state index contributed by atoms with van der Waals surface area (Å²) >= 11 is 0. The van der Waals surface area contributed by atoms with Gasteiger partial charge in [-0.15, -0.1) is 0 Å². The highest BCUT2D eigenvalue weighted by Crippen LogP contribution is 2.10. The van der Waals surface area contributed by atoms with Crippen LogP contribution in [0.4, 0.5) is 0 Å². The molecule has 0 aliphatic rings. The molecule has 0 aromatic rings. The maximum absolute atomic E-state index is 3.29. The van der Waals surface area contributed by atoms with Crippen molar-refractivity contribution in [3.63, 3.8) is 0 Å². The second-order valence-electron chi connectivity index (χ2n) is 5.64. The second-order valence-corrected chi connectivity index (χ2v) is 5.64. The van der Waals surface area contributed by atoms with Gasteiger partial charge >= 0.3 is 0 Å². The molecular weight excluding hydrogens is 196 g/mol. The molecule has 0 saturated carbocycles. The zero-order chi connectivity index (χ0) is 12.6. The summed E-state index contributed by atoms with van der Waals surface area (Å²) in [7, 11) is 4.30. The molecule has 0 amide bonds. The maximum atomic E-state index is 3.29. The Morgan fingerprint density at radius 3 is 2.19 bits per heavy atom. The quantitative estimate of drug-likeness (QED) is 0.610. The third kappa shape index (κ3) is 8.12. The van der Waals surface area contributed by atoms with Gasteiger partial charge in [0.1, 0.15) is 0 Å². The lowest BCUT2D eigenvalue weighted by Gasteiger charge is -2.26. The third-order valence-corrected chi connectivity index (χ3v) is 3.46. The largest absolute Gasteiger partial charge is 0.317 e. The lowest BCUT2D eigenvalue weighted by Crippen LogP contribution is -2.31. The van der Waals surface area contributed by atoms with E-state index >= 15 is 0 Å². The summed E-state index contributed by atoms with van der Waals surface area (Å²) in [5.74, 6) is 0.807. The highest BCUT2D eigenvalue weighted by molar-refractivity contribution is 4.66. The van der Waals surface area contributed by atoms with E-state index in [1.54, 1.807) is 0 Å². The van der Waals surface area contributed by atoms with Crippen molar-refractivity contribution in [3.8, 4) is 0 Å². The summed E-state index contributed by atoms with van der Waals surface area (Å²) in [4.78, 5) is 2.50. The molecule has 1 N–H and O–H groups in total. The molecule has 2 atom stereocenters.